The molecule has 0 aliphatic rings. The molecule has 3 nitrogen and oxygen atoms in total. The Balaban J connectivity index is 2.47. The molecule has 1 aromatic rings. The Morgan fingerprint density at radius 2 is 1.80 bits per heavy atom. The van der Waals surface area contributed by atoms with Gasteiger partial charge in [-0.2, -0.15) is 0 Å². The maximum absolute atomic E-state index is 12.3. The molecule has 112 valence electrons. The van der Waals surface area contributed by atoms with E-state index in [9.17, 15) is 4.79 Å². The Bertz CT molecular complexity index is 387. The van der Waals surface area contributed by atoms with Crippen molar-refractivity contribution in [2.75, 3.05) is 13.1 Å². The topological polar surface area (TPSA) is 32.3 Å². The molecule has 0 bridgehead atoms. The van der Waals surface area contributed by atoms with Crippen LogP contribution in [0.5, 0.6) is 0 Å². The van der Waals surface area contributed by atoms with Gasteiger partial charge >= 0.3 is 0 Å². The fourth-order valence-corrected chi connectivity index (χ4v) is 2.03. The van der Waals surface area contributed by atoms with Gasteiger partial charge in [-0.05, 0) is 38.3 Å². The summed E-state index contributed by atoms with van der Waals surface area (Å²) in [5.41, 5.74) is 1.18. The van der Waals surface area contributed by atoms with Gasteiger partial charge in [-0.3, -0.25) is 4.79 Å². The van der Waals surface area contributed by atoms with E-state index in [0.29, 0.717) is 19.0 Å². The third kappa shape index (κ3) is 6.20. The molecule has 0 spiro atoms. The quantitative estimate of drug-likeness (QED) is 0.740. The van der Waals surface area contributed by atoms with Crippen LogP contribution in [0.25, 0.3) is 0 Å². The highest BCUT2D eigenvalue weighted by Gasteiger charge is 2.16. The van der Waals surface area contributed by atoms with Crippen LogP contribution >= 0.6 is 0 Å². The van der Waals surface area contributed by atoms with E-state index in [-0.39, 0.29) is 11.9 Å². The molecule has 0 heterocycles. The van der Waals surface area contributed by atoms with E-state index in [1.807, 2.05) is 23.1 Å². The smallest absolute Gasteiger partial charge is 0.237 e. The van der Waals surface area contributed by atoms with E-state index in [1.54, 1.807) is 0 Å². The van der Waals surface area contributed by atoms with Crippen LogP contribution in [-0.4, -0.2) is 29.9 Å². The van der Waals surface area contributed by atoms with E-state index in [4.69, 9.17) is 0 Å². The predicted molar refractivity (Wildman–Crippen MR) is 84.5 cm³/mol. The Kier molecular flexibility index (Phi) is 7.31. The lowest BCUT2D eigenvalue weighted by atomic mass is 10.1. The number of nitrogens with one attached hydrogen (secondary N) is 1. The molecule has 1 rings (SSSR count). The summed E-state index contributed by atoms with van der Waals surface area (Å²) >= 11 is 0. The van der Waals surface area contributed by atoms with Crippen molar-refractivity contribution in [1.82, 2.24) is 10.2 Å². The van der Waals surface area contributed by atoms with Crippen molar-refractivity contribution in [2.24, 2.45) is 5.92 Å². The molecular formula is C17H28N2O. The van der Waals surface area contributed by atoms with E-state index in [2.05, 4.69) is 45.1 Å². The second-order valence-electron chi connectivity index (χ2n) is 5.96. The van der Waals surface area contributed by atoms with E-state index in [1.165, 1.54) is 5.56 Å². The lowest BCUT2D eigenvalue weighted by Gasteiger charge is -2.27. The number of hydrogen-bond donors (Lipinski definition) is 1. The summed E-state index contributed by atoms with van der Waals surface area (Å²) in [6.07, 6.45) is 1.10. The van der Waals surface area contributed by atoms with Crippen molar-refractivity contribution >= 4 is 5.91 Å². The van der Waals surface area contributed by atoms with Crippen LogP contribution in [0.15, 0.2) is 30.3 Å². The first-order valence-electron chi connectivity index (χ1n) is 7.54. The van der Waals surface area contributed by atoms with Crippen molar-refractivity contribution in [3.63, 3.8) is 0 Å². The molecule has 0 radical (unpaired) electrons. The fourth-order valence-electron chi connectivity index (χ4n) is 2.03. The van der Waals surface area contributed by atoms with Crippen molar-refractivity contribution in [2.45, 2.75) is 46.7 Å². The van der Waals surface area contributed by atoms with Crippen LogP contribution < -0.4 is 5.32 Å². The molecule has 0 saturated heterocycles. The Morgan fingerprint density at radius 1 is 1.15 bits per heavy atom. The zero-order valence-corrected chi connectivity index (χ0v) is 13.2. The van der Waals surface area contributed by atoms with Crippen LogP contribution in [0.4, 0.5) is 0 Å². The zero-order chi connectivity index (χ0) is 15.0. The summed E-state index contributed by atoms with van der Waals surface area (Å²) in [5, 5.41) is 3.25. The first kappa shape index (κ1) is 16.7. The van der Waals surface area contributed by atoms with Crippen LogP contribution in [0, 0.1) is 5.92 Å². The molecule has 0 atom stereocenters. The highest BCUT2D eigenvalue weighted by molar-refractivity contribution is 5.78. The van der Waals surface area contributed by atoms with Crippen molar-refractivity contribution in [1.29, 1.82) is 0 Å². The molecule has 0 fully saturated rings. The minimum Gasteiger partial charge on any atom is -0.335 e. The number of nitrogens with zero attached hydrogens (tertiary/aromatic N) is 1. The van der Waals surface area contributed by atoms with Gasteiger partial charge in [0.1, 0.15) is 0 Å². The summed E-state index contributed by atoms with van der Waals surface area (Å²) in [4.78, 5) is 14.2. The van der Waals surface area contributed by atoms with Crippen molar-refractivity contribution in [3.8, 4) is 0 Å². The largest absolute Gasteiger partial charge is 0.335 e. The molecule has 1 N–H and O–H groups in total. The van der Waals surface area contributed by atoms with Crippen LogP contribution in [-0.2, 0) is 11.3 Å². The van der Waals surface area contributed by atoms with Gasteiger partial charge in [-0.25, -0.2) is 0 Å². The van der Waals surface area contributed by atoms with Gasteiger partial charge in [0.05, 0.1) is 6.54 Å². The van der Waals surface area contributed by atoms with E-state index < -0.39 is 0 Å². The summed E-state index contributed by atoms with van der Waals surface area (Å²) in [6.45, 7) is 10.5. The summed E-state index contributed by atoms with van der Waals surface area (Å²) < 4.78 is 0. The van der Waals surface area contributed by atoms with Gasteiger partial charge in [0.25, 0.3) is 0 Å². The second kappa shape index (κ2) is 8.75. The molecule has 0 aliphatic carbocycles. The summed E-state index contributed by atoms with van der Waals surface area (Å²) in [6, 6.07) is 10.4. The van der Waals surface area contributed by atoms with Gasteiger partial charge < -0.3 is 10.2 Å². The monoisotopic (exact) mass is 276 g/mol. The molecule has 20 heavy (non-hydrogen) atoms. The Labute approximate surface area is 123 Å². The number of amides is 1. The van der Waals surface area contributed by atoms with Gasteiger partial charge in [-0.15, -0.1) is 0 Å². The standard InChI is InChI=1S/C17H28N2O/c1-14(2)10-11-18-12-17(20)19(15(3)4)13-16-8-6-5-7-9-16/h5-9,14-15,18H,10-13H2,1-4H3. The van der Waals surface area contributed by atoms with E-state index in [0.717, 1.165) is 13.0 Å². The molecular weight excluding hydrogens is 248 g/mol. The normalized spacial score (nSPS) is 11.1. The number of benzene rings is 1. The highest BCUT2D eigenvalue weighted by Crippen LogP contribution is 2.08. The van der Waals surface area contributed by atoms with Crippen LogP contribution in [0.3, 0.4) is 0 Å². The molecule has 0 aliphatic heterocycles. The van der Waals surface area contributed by atoms with E-state index >= 15 is 0 Å². The van der Waals surface area contributed by atoms with Crippen molar-refractivity contribution in [3.05, 3.63) is 35.9 Å². The van der Waals surface area contributed by atoms with Crippen LogP contribution in [0.2, 0.25) is 0 Å². The maximum Gasteiger partial charge on any atom is 0.237 e. The van der Waals surface area contributed by atoms with Gasteiger partial charge in [0, 0.05) is 12.6 Å². The number of hydrogen-bond acceptors (Lipinski definition) is 2. The Morgan fingerprint density at radius 3 is 2.35 bits per heavy atom. The average molecular weight is 276 g/mol. The Hall–Kier alpha value is -1.35. The molecule has 1 amide bonds. The molecule has 0 saturated carbocycles. The third-order valence-corrected chi connectivity index (χ3v) is 3.31. The van der Waals surface area contributed by atoms with Crippen LogP contribution in [0.1, 0.15) is 39.7 Å². The second-order valence-corrected chi connectivity index (χ2v) is 5.96. The first-order valence-corrected chi connectivity index (χ1v) is 7.54. The van der Waals surface area contributed by atoms with Crippen molar-refractivity contribution < 1.29 is 4.79 Å². The number of carbonyl (C=O) groups excluding carboxylic acids is 1. The summed E-state index contributed by atoms with van der Waals surface area (Å²) in [5.74, 6) is 0.843. The van der Waals surface area contributed by atoms with Gasteiger partial charge in [-0.1, -0.05) is 44.2 Å². The average Bonchev–Trinajstić information content (AvgIpc) is 2.41. The molecule has 0 unspecified atom stereocenters. The predicted octanol–water partition coefficient (Wildman–Crippen LogP) is 3.06. The number of carbonyl (C=O) groups is 1. The first-order chi connectivity index (χ1) is 9.50. The highest BCUT2D eigenvalue weighted by atomic mass is 16.2. The fraction of sp³-hybridized carbons (Fsp3) is 0.588. The SMILES string of the molecule is CC(C)CCNCC(=O)N(Cc1ccccc1)C(C)C. The number of rotatable bonds is 8. The maximum atomic E-state index is 12.3. The van der Waals surface area contributed by atoms with Gasteiger partial charge in [0.2, 0.25) is 5.91 Å². The van der Waals surface area contributed by atoms with Gasteiger partial charge in [0.15, 0.2) is 0 Å². The minimum absolute atomic E-state index is 0.174. The zero-order valence-electron chi connectivity index (χ0n) is 13.2. The third-order valence-electron chi connectivity index (χ3n) is 3.31. The molecule has 3 heteroatoms. The molecule has 1 aromatic carbocycles. The lowest BCUT2D eigenvalue weighted by Crippen LogP contribution is -2.42. The summed E-state index contributed by atoms with van der Waals surface area (Å²) in [7, 11) is 0. The lowest BCUT2D eigenvalue weighted by molar-refractivity contribution is -0.132. The minimum atomic E-state index is 0.174. The molecule has 0 aromatic heterocycles.